The molecule has 1 atom stereocenters. The van der Waals surface area contributed by atoms with Crippen LogP contribution in [0.1, 0.15) is 12.8 Å². The van der Waals surface area contributed by atoms with Crippen LogP contribution >= 0.6 is 12.4 Å². The zero-order valence-corrected chi connectivity index (χ0v) is 9.30. The average molecular weight is 222 g/mol. The maximum absolute atomic E-state index is 11.4. The molecule has 0 saturated carbocycles. The first kappa shape index (κ1) is 13.4. The summed E-state index contributed by atoms with van der Waals surface area (Å²) in [7, 11) is 3.23. The molecule has 1 aliphatic rings. The largest absolute Gasteiger partial charge is 0.468 e. The van der Waals surface area contributed by atoms with Gasteiger partial charge >= 0.3 is 5.97 Å². The number of likely N-dealkylation sites (tertiary alicyclic amines) is 1. The average Bonchev–Trinajstić information content (AvgIpc) is 2.27. The molecule has 0 radical (unpaired) electrons. The smallest absolute Gasteiger partial charge is 0.317 e. The fourth-order valence-corrected chi connectivity index (χ4v) is 1.55. The Balaban J connectivity index is 0.00000169. The van der Waals surface area contributed by atoms with Gasteiger partial charge in [-0.2, -0.15) is 0 Å². The molecule has 1 saturated heterocycles. The van der Waals surface area contributed by atoms with Crippen LogP contribution in [0.5, 0.6) is 0 Å². The van der Waals surface area contributed by atoms with Gasteiger partial charge in [0.05, 0.1) is 7.11 Å². The maximum atomic E-state index is 11.4. The van der Waals surface area contributed by atoms with Gasteiger partial charge in [-0.3, -0.25) is 9.59 Å². The highest BCUT2D eigenvalue weighted by Crippen LogP contribution is 2.12. The number of methoxy groups -OCH3 is 1. The molecule has 0 aromatic heterocycles. The minimum absolute atomic E-state index is 0. The highest BCUT2D eigenvalue weighted by molar-refractivity contribution is 5.99. The fourth-order valence-electron chi connectivity index (χ4n) is 1.55. The van der Waals surface area contributed by atoms with Crippen molar-refractivity contribution in [1.29, 1.82) is 0 Å². The summed E-state index contributed by atoms with van der Waals surface area (Å²) >= 11 is 0. The molecule has 0 aliphatic carbocycles. The van der Waals surface area contributed by atoms with Crippen molar-refractivity contribution in [2.24, 2.45) is 5.92 Å². The number of carbonyl (C=O) groups excluding carboxylic acids is 2. The predicted octanol–water partition coefficient (Wildman–Crippen LogP) is 0.492. The molecular formula is C9H16ClNO3. The first-order valence-corrected chi connectivity index (χ1v) is 4.44. The van der Waals surface area contributed by atoms with Crippen LogP contribution < -0.4 is 0 Å². The third-order valence-electron chi connectivity index (χ3n) is 2.33. The Labute approximate surface area is 90.0 Å². The molecule has 82 valence electrons. The first-order chi connectivity index (χ1) is 6.15. The summed E-state index contributed by atoms with van der Waals surface area (Å²) in [4.78, 5) is 24.6. The Morgan fingerprint density at radius 1 is 1.57 bits per heavy atom. The summed E-state index contributed by atoms with van der Waals surface area (Å²) in [5, 5.41) is 0. The Bertz CT molecular complexity index is 220. The lowest BCUT2D eigenvalue weighted by molar-refractivity contribution is -0.149. The van der Waals surface area contributed by atoms with Crippen molar-refractivity contribution in [3.8, 4) is 0 Å². The van der Waals surface area contributed by atoms with Gasteiger partial charge < -0.3 is 9.64 Å². The van der Waals surface area contributed by atoms with Gasteiger partial charge in [0.2, 0.25) is 0 Å². The molecule has 0 amide bonds. The van der Waals surface area contributed by atoms with Gasteiger partial charge in [-0.25, -0.2) is 0 Å². The lowest BCUT2D eigenvalue weighted by atomic mass is 10.0. The first-order valence-electron chi connectivity index (χ1n) is 4.44. The molecule has 5 heteroatoms. The standard InChI is InChI=1S/C9H15NO3.ClH/c1-10-5-3-4-8(11)7(6-10)9(12)13-2;/h7H,3-6H2,1-2H3;1H. The van der Waals surface area contributed by atoms with Crippen LogP contribution in [-0.4, -0.2) is 43.9 Å². The van der Waals surface area contributed by atoms with E-state index in [0.29, 0.717) is 13.0 Å². The van der Waals surface area contributed by atoms with Crippen molar-refractivity contribution in [3.63, 3.8) is 0 Å². The molecule has 1 rings (SSSR count). The van der Waals surface area contributed by atoms with Crippen LogP contribution in [0.25, 0.3) is 0 Å². The molecule has 1 fully saturated rings. The third kappa shape index (κ3) is 3.27. The van der Waals surface area contributed by atoms with Crippen LogP contribution in [0.3, 0.4) is 0 Å². The van der Waals surface area contributed by atoms with E-state index in [1.165, 1.54) is 7.11 Å². The molecule has 0 bridgehead atoms. The SMILES string of the molecule is COC(=O)C1CN(C)CCCC1=O.Cl. The minimum Gasteiger partial charge on any atom is -0.468 e. The van der Waals surface area contributed by atoms with Crippen molar-refractivity contribution in [3.05, 3.63) is 0 Å². The molecule has 1 unspecified atom stereocenters. The number of halogens is 1. The summed E-state index contributed by atoms with van der Waals surface area (Å²) in [6.07, 6.45) is 1.33. The number of nitrogens with zero attached hydrogens (tertiary/aromatic N) is 1. The molecule has 0 aromatic rings. The number of ketones is 1. The molecule has 0 spiro atoms. The van der Waals surface area contributed by atoms with E-state index >= 15 is 0 Å². The van der Waals surface area contributed by atoms with Crippen LogP contribution in [0.4, 0.5) is 0 Å². The minimum atomic E-state index is -0.572. The van der Waals surface area contributed by atoms with Crippen molar-refractivity contribution in [1.82, 2.24) is 4.90 Å². The summed E-state index contributed by atoms with van der Waals surface area (Å²) in [5.74, 6) is -0.965. The molecule has 4 nitrogen and oxygen atoms in total. The number of Topliss-reactive ketones (excluding diaryl/α,β-unsaturated/α-hetero) is 1. The third-order valence-corrected chi connectivity index (χ3v) is 2.33. The van der Waals surface area contributed by atoms with E-state index in [1.807, 2.05) is 11.9 Å². The van der Waals surface area contributed by atoms with Crippen LogP contribution in [0.2, 0.25) is 0 Å². The number of rotatable bonds is 1. The number of hydrogen-bond acceptors (Lipinski definition) is 4. The molecule has 0 aromatic carbocycles. The van der Waals surface area contributed by atoms with E-state index in [9.17, 15) is 9.59 Å². The van der Waals surface area contributed by atoms with Crippen LogP contribution in [0, 0.1) is 5.92 Å². The van der Waals surface area contributed by atoms with Gasteiger partial charge in [-0.15, -0.1) is 12.4 Å². The van der Waals surface area contributed by atoms with E-state index in [2.05, 4.69) is 4.74 Å². The summed E-state index contributed by atoms with van der Waals surface area (Å²) < 4.78 is 4.58. The second-order valence-electron chi connectivity index (χ2n) is 3.41. The summed E-state index contributed by atoms with van der Waals surface area (Å²) in [5.41, 5.74) is 0. The van der Waals surface area contributed by atoms with Crippen molar-refractivity contribution in [2.75, 3.05) is 27.2 Å². The Kier molecular flexibility index (Phi) is 5.72. The zero-order valence-electron chi connectivity index (χ0n) is 8.49. The second kappa shape index (κ2) is 5.98. The number of hydrogen-bond donors (Lipinski definition) is 0. The van der Waals surface area contributed by atoms with E-state index in [-0.39, 0.29) is 18.2 Å². The number of esters is 1. The molecule has 0 N–H and O–H groups in total. The van der Waals surface area contributed by atoms with Gasteiger partial charge in [-0.1, -0.05) is 0 Å². The van der Waals surface area contributed by atoms with E-state index in [1.54, 1.807) is 0 Å². The molecule has 1 heterocycles. The summed E-state index contributed by atoms with van der Waals surface area (Å²) in [6.45, 7) is 1.37. The zero-order chi connectivity index (χ0) is 9.84. The van der Waals surface area contributed by atoms with Gasteiger partial charge in [0.15, 0.2) is 0 Å². The second-order valence-corrected chi connectivity index (χ2v) is 3.41. The van der Waals surface area contributed by atoms with Crippen molar-refractivity contribution in [2.45, 2.75) is 12.8 Å². The molecule has 1 aliphatic heterocycles. The lowest BCUT2D eigenvalue weighted by Gasteiger charge is -2.16. The number of carbonyl (C=O) groups is 2. The normalized spacial score (nSPS) is 23.6. The predicted molar refractivity (Wildman–Crippen MR) is 54.5 cm³/mol. The van der Waals surface area contributed by atoms with Gasteiger partial charge in [0.1, 0.15) is 11.7 Å². The van der Waals surface area contributed by atoms with Gasteiger partial charge in [0.25, 0.3) is 0 Å². The fraction of sp³-hybridized carbons (Fsp3) is 0.778. The maximum Gasteiger partial charge on any atom is 0.317 e. The topological polar surface area (TPSA) is 46.6 Å². The van der Waals surface area contributed by atoms with Crippen molar-refractivity contribution < 1.29 is 14.3 Å². The Morgan fingerprint density at radius 2 is 2.21 bits per heavy atom. The molecule has 14 heavy (non-hydrogen) atoms. The quantitative estimate of drug-likeness (QED) is 0.478. The van der Waals surface area contributed by atoms with Gasteiger partial charge in [-0.05, 0) is 20.0 Å². The van der Waals surface area contributed by atoms with E-state index < -0.39 is 11.9 Å². The monoisotopic (exact) mass is 221 g/mol. The highest BCUT2D eigenvalue weighted by atomic mass is 35.5. The lowest BCUT2D eigenvalue weighted by Crippen LogP contribution is -2.33. The Hall–Kier alpha value is -0.610. The van der Waals surface area contributed by atoms with Crippen LogP contribution in [-0.2, 0) is 14.3 Å². The highest BCUT2D eigenvalue weighted by Gasteiger charge is 2.30. The van der Waals surface area contributed by atoms with Crippen LogP contribution in [0.15, 0.2) is 0 Å². The Morgan fingerprint density at radius 3 is 2.79 bits per heavy atom. The van der Waals surface area contributed by atoms with Crippen molar-refractivity contribution >= 4 is 24.2 Å². The van der Waals surface area contributed by atoms with E-state index in [4.69, 9.17) is 0 Å². The van der Waals surface area contributed by atoms with Gasteiger partial charge in [0, 0.05) is 13.0 Å². The summed E-state index contributed by atoms with van der Waals surface area (Å²) in [6, 6.07) is 0. The van der Waals surface area contributed by atoms with E-state index in [0.717, 1.165) is 13.0 Å². The molecular weight excluding hydrogens is 206 g/mol. The number of ether oxygens (including phenoxy) is 1.